The van der Waals surface area contributed by atoms with Crippen LogP contribution in [0.1, 0.15) is 6.42 Å². The van der Waals surface area contributed by atoms with Crippen molar-refractivity contribution in [2.24, 2.45) is 10.9 Å². The summed E-state index contributed by atoms with van der Waals surface area (Å²) in [5.74, 6) is 2.24. The van der Waals surface area contributed by atoms with Gasteiger partial charge in [0.2, 0.25) is 6.79 Å². The lowest BCUT2D eigenvalue weighted by Crippen LogP contribution is -2.21. The Morgan fingerprint density at radius 2 is 1.74 bits per heavy atom. The molecule has 10 nitrogen and oxygen atoms in total. The van der Waals surface area contributed by atoms with Gasteiger partial charge in [0.05, 0.1) is 19.0 Å². The van der Waals surface area contributed by atoms with E-state index < -0.39 is 11.9 Å². The minimum absolute atomic E-state index is 0.278. The number of likely N-dealkylation sites (tertiary alicyclic amines) is 1. The van der Waals surface area contributed by atoms with E-state index in [1.807, 2.05) is 48.5 Å². The van der Waals surface area contributed by atoms with Gasteiger partial charge in [-0.2, -0.15) is 0 Å². The number of amidine groups is 1. The van der Waals surface area contributed by atoms with E-state index in [1.165, 1.54) is 0 Å². The molecule has 2 aromatic rings. The second-order valence-electron chi connectivity index (χ2n) is 7.75. The van der Waals surface area contributed by atoms with E-state index in [0.29, 0.717) is 37.8 Å². The molecule has 1 saturated heterocycles. The molecule has 0 amide bonds. The summed E-state index contributed by atoms with van der Waals surface area (Å²) in [4.78, 5) is 26.0. The molecule has 35 heavy (non-hydrogen) atoms. The molecule has 1 fully saturated rings. The van der Waals surface area contributed by atoms with Gasteiger partial charge in [0.15, 0.2) is 11.5 Å². The number of carboxylic acid groups (broad SMARTS) is 2. The monoisotopic (exact) mass is 484 g/mol. The van der Waals surface area contributed by atoms with Crippen LogP contribution in [0.25, 0.3) is 0 Å². The summed E-state index contributed by atoms with van der Waals surface area (Å²) in [6, 6.07) is 15.5. The maximum absolute atomic E-state index is 9.55. The van der Waals surface area contributed by atoms with E-state index in [2.05, 4.69) is 11.9 Å². The number of hydrogen-bond acceptors (Lipinski definition) is 7. The topological polar surface area (TPSA) is 127 Å². The van der Waals surface area contributed by atoms with Crippen molar-refractivity contribution in [2.45, 2.75) is 6.42 Å². The van der Waals surface area contributed by atoms with Gasteiger partial charge in [-0.05, 0) is 24.3 Å². The average Bonchev–Trinajstić information content (AvgIpc) is 3.46. The number of para-hydroxylation sites is 1. The molecule has 0 spiro atoms. The molecule has 0 saturated carbocycles. The standard InChI is InChI=1S/C21H24N2O4.C4H4O4/c1-23-13-16(14-25-18-7-8-19-20(12-18)27-15-26-19)11-21(23)22-9-10-24-17-5-3-2-4-6-17;5-3(6)1-2-4(7)8/h2-8,12,16H,9-11,13-15H2,1H3;1-2H,(H,5,6)(H,7,8)/b;2-1-. The van der Waals surface area contributed by atoms with Gasteiger partial charge >= 0.3 is 11.9 Å². The first-order valence-electron chi connectivity index (χ1n) is 11.0. The van der Waals surface area contributed by atoms with Gasteiger partial charge < -0.3 is 34.1 Å². The third-order valence-electron chi connectivity index (χ3n) is 5.04. The van der Waals surface area contributed by atoms with E-state index in [1.54, 1.807) is 0 Å². The number of benzene rings is 2. The largest absolute Gasteiger partial charge is 0.493 e. The van der Waals surface area contributed by atoms with Crippen LogP contribution in [0.4, 0.5) is 0 Å². The predicted molar refractivity (Wildman–Crippen MR) is 127 cm³/mol. The van der Waals surface area contributed by atoms with Crippen LogP contribution in [0.2, 0.25) is 0 Å². The lowest BCUT2D eigenvalue weighted by molar-refractivity contribution is -0.134. The Kier molecular flexibility index (Phi) is 9.35. The molecule has 2 aromatic carbocycles. The van der Waals surface area contributed by atoms with E-state index >= 15 is 0 Å². The van der Waals surface area contributed by atoms with Crippen molar-refractivity contribution in [3.05, 3.63) is 60.7 Å². The molecule has 0 bridgehead atoms. The van der Waals surface area contributed by atoms with Crippen LogP contribution in [-0.2, 0) is 9.59 Å². The average molecular weight is 485 g/mol. The minimum atomic E-state index is -1.26. The van der Waals surface area contributed by atoms with E-state index in [9.17, 15) is 9.59 Å². The zero-order chi connectivity index (χ0) is 25.0. The molecule has 0 radical (unpaired) electrons. The molecule has 1 unspecified atom stereocenters. The van der Waals surface area contributed by atoms with Gasteiger partial charge in [-0.25, -0.2) is 9.59 Å². The molecule has 1 atom stereocenters. The van der Waals surface area contributed by atoms with E-state index in [0.717, 1.165) is 41.8 Å². The summed E-state index contributed by atoms with van der Waals surface area (Å²) < 4.78 is 22.4. The number of carboxylic acids is 2. The normalized spacial score (nSPS) is 17.2. The second kappa shape index (κ2) is 12.9. The van der Waals surface area contributed by atoms with Crippen molar-refractivity contribution < 1.29 is 38.7 Å². The van der Waals surface area contributed by atoms with Gasteiger partial charge in [0, 0.05) is 44.1 Å². The fourth-order valence-electron chi connectivity index (χ4n) is 3.45. The first kappa shape index (κ1) is 25.4. The van der Waals surface area contributed by atoms with Gasteiger partial charge in [-0.15, -0.1) is 0 Å². The van der Waals surface area contributed by atoms with Gasteiger partial charge in [0.25, 0.3) is 0 Å². The molecule has 2 N–H and O–H groups in total. The Bertz CT molecular complexity index is 1040. The Labute approximate surface area is 203 Å². The molecule has 0 aliphatic carbocycles. The number of ether oxygens (including phenoxy) is 4. The van der Waals surface area contributed by atoms with Gasteiger partial charge in [-0.1, -0.05) is 18.2 Å². The summed E-state index contributed by atoms with van der Waals surface area (Å²) in [6.45, 7) is 3.12. The molecule has 10 heteroatoms. The highest BCUT2D eigenvalue weighted by Crippen LogP contribution is 2.35. The fourth-order valence-corrected chi connectivity index (χ4v) is 3.45. The molecule has 2 aliphatic heterocycles. The SMILES string of the molecule is CN1CC(COc2ccc3c(c2)OCO3)CC1=NCCOc1ccccc1.O=C(O)/C=C\C(=O)O. The first-order chi connectivity index (χ1) is 16.9. The van der Waals surface area contributed by atoms with Crippen molar-refractivity contribution in [3.8, 4) is 23.0 Å². The molecular formula is C25H28N2O8. The van der Waals surface area contributed by atoms with E-state index in [4.69, 9.17) is 34.2 Å². The number of hydrogen-bond donors (Lipinski definition) is 2. The van der Waals surface area contributed by atoms with Crippen LogP contribution < -0.4 is 18.9 Å². The van der Waals surface area contributed by atoms with E-state index in [-0.39, 0.29) is 6.79 Å². The van der Waals surface area contributed by atoms with Gasteiger partial charge in [0.1, 0.15) is 18.1 Å². The van der Waals surface area contributed by atoms with Crippen molar-refractivity contribution in [2.75, 3.05) is 40.1 Å². The first-order valence-corrected chi connectivity index (χ1v) is 11.0. The second-order valence-corrected chi connectivity index (χ2v) is 7.75. The van der Waals surface area contributed by atoms with Crippen LogP contribution in [0.15, 0.2) is 65.7 Å². The molecular weight excluding hydrogens is 456 g/mol. The molecule has 2 heterocycles. The number of carbonyl (C=O) groups is 2. The summed E-state index contributed by atoms with van der Waals surface area (Å²) in [6.07, 6.45) is 2.04. The Balaban J connectivity index is 0.000000371. The van der Waals surface area contributed by atoms with Crippen molar-refractivity contribution >= 4 is 17.8 Å². The molecule has 0 aromatic heterocycles. The summed E-state index contributed by atoms with van der Waals surface area (Å²) in [7, 11) is 2.08. The van der Waals surface area contributed by atoms with Crippen LogP contribution >= 0.6 is 0 Å². The highest BCUT2D eigenvalue weighted by molar-refractivity contribution is 5.89. The third-order valence-corrected chi connectivity index (χ3v) is 5.04. The van der Waals surface area contributed by atoms with Crippen molar-refractivity contribution in [3.63, 3.8) is 0 Å². The molecule has 2 aliphatic rings. The highest BCUT2D eigenvalue weighted by Gasteiger charge is 2.26. The molecule has 4 rings (SSSR count). The van der Waals surface area contributed by atoms with Crippen molar-refractivity contribution in [1.82, 2.24) is 4.90 Å². The number of rotatable bonds is 9. The smallest absolute Gasteiger partial charge is 0.328 e. The number of aliphatic carboxylic acids is 2. The summed E-state index contributed by atoms with van der Waals surface area (Å²) in [5, 5.41) is 15.6. The van der Waals surface area contributed by atoms with Crippen molar-refractivity contribution in [1.29, 1.82) is 0 Å². The lowest BCUT2D eigenvalue weighted by Gasteiger charge is -2.13. The zero-order valence-corrected chi connectivity index (χ0v) is 19.3. The summed E-state index contributed by atoms with van der Waals surface area (Å²) in [5.41, 5.74) is 0. The van der Waals surface area contributed by atoms with Crippen LogP contribution in [0.3, 0.4) is 0 Å². The van der Waals surface area contributed by atoms with Crippen LogP contribution in [0.5, 0.6) is 23.0 Å². The fraction of sp³-hybridized carbons (Fsp3) is 0.320. The third kappa shape index (κ3) is 8.58. The lowest BCUT2D eigenvalue weighted by atomic mass is 10.1. The van der Waals surface area contributed by atoms with Crippen LogP contribution in [0, 0.1) is 5.92 Å². The predicted octanol–water partition coefficient (Wildman–Crippen LogP) is 2.94. The Morgan fingerprint density at radius 1 is 1.03 bits per heavy atom. The van der Waals surface area contributed by atoms with Gasteiger partial charge in [-0.3, -0.25) is 4.99 Å². The van der Waals surface area contributed by atoms with Crippen LogP contribution in [-0.4, -0.2) is 73.0 Å². The maximum atomic E-state index is 9.55. The highest BCUT2D eigenvalue weighted by atomic mass is 16.7. The maximum Gasteiger partial charge on any atom is 0.328 e. The number of aliphatic imine (C=N–C) groups is 1. The number of nitrogens with zero attached hydrogens (tertiary/aromatic N) is 2. The molecule has 186 valence electrons. The Morgan fingerprint density at radius 3 is 2.46 bits per heavy atom. The quantitative estimate of drug-likeness (QED) is 0.408. The summed E-state index contributed by atoms with van der Waals surface area (Å²) >= 11 is 0. The number of fused-ring (bicyclic) bond motifs is 1. The zero-order valence-electron chi connectivity index (χ0n) is 19.3. The Hall–Kier alpha value is -4.21. The minimum Gasteiger partial charge on any atom is -0.493 e.